The predicted octanol–water partition coefficient (Wildman–Crippen LogP) is 15.4. The number of ether oxygens (including phenoxy) is 2. The van der Waals surface area contributed by atoms with Gasteiger partial charge in [-0.15, -0.1) is 0 Å². The van der Waals surface area contributed by atoms with E-state index in [1.165, 1.54) is 171 Å². The van der Waals surface area contributed by atoms with E-state index < -0.39 is 0 Å². The number of hydrogen-bond acceptors (Lipinski definition) is 8. The van der Waals surface area contributed by atoms with Crippen molar-refractivity contribution >= 4 is 49.1 Å². The minimum absolute atomic E-state index is 0.0142. The lowest BCUT2D eigenvalue weighted by Crippen LogP contribution is -2.31. The third kappa shape index (κ3) is 33.1. The van der Waals surface area contributed by atoms with Crippen LogP contribution in [0.15, 0.2) is 12.3 Å². The van der Waals surface area contributed by atoms with Gasteiger partial charge in [-0.3, -0.25) is 4.79 Å². The Labute approximate surface area is 347 Å². The summed E-state index contributed by atoms with van der Waals surface area (Å²) < 4.78 is 12.4. The van der Waals surface area contributed by atoms with Crippen LogP contribution in [0.4, 0.5) is 0 Å². The lowest BCUT2D eigenvalue weighted by atomic mass is 9.95. The molecule has 1 atom stereocenters. The maximum Gasteiger partial charge on any atom is 0.305 e. The standard InChI is InChI=1S/C45H87NO3S4/c1-6-9-12-13-14-15-18-21-28-44(49-41(4)43-31-34-46(5)35-32-43)29-22-19-16-17-20-23-30-45(47)48-36-33-42(26-24-39-52-50-37-10-7-2)27-25-40-53-51-38-11-8-3/h42-44H,4,6-40H2,1-3,5H3. The van der Waals surface area contributed by atoms with Crippen molar-refractivity contribution in [1.29, 1.82) is 0 Å². The second-order valence-electron chi connectivity index (χ2n) is 15.9. The van der Waals surface area contributed by atoms with Gasteiger partial charge < -0.3 is 14.4 Å². The first-order valence-corrected chi connectivity index (χ1v) is 27.7. The van der Waals surface area contributed by atoms with Gasteiger partial charge in [-0.1, -0.05) is 154 Å². The van der Waals surface area contributed by atoms with Crippen LogP contribution < -0.4 is 0 Å². The number of piperidine rings is 1. The maximum atomic E-state index is 12.6. The topological polar surface area (TPSA) is 38.8 Å². The Hall–Kier alpha value is 0.370. The van der Waals surface area contributed by atoms with Gasteiger partial charge in [0.2, 0.25) is 0 Å². The molecule has 1 rings (SSSR count). The molecule has 0 N–H and O–H groups in total. The molecule has 0 spiro atoms. The first-order chi connectivity index (χ1) is 26.0. The molecule has 1 fully saturated rings. The van der Waals surface area contributed by atoms with E-state index in [9.17, 15) is 4.79 Å². The van der Waals surface area contributed by atoms with Crippen molar-refractivity contribution in [3.8, 4) is 0 Å². The highest BCUT2D eigenvalue weighted by Gasteiger charge is 2.22. The molecule has 0 aromatic rings. The Bertz CT molecular complexity index is 793. The van der Waals surface area contributed by atoms with E-state index in [-0.39, 0.29) is 5.97 Å². The quantitative estimate of drug-likeness (QED) is 0.0262. The average Bonchev–Trinajstić information content (AvgIpc) is 3.15. The fourth-order valence-electron chi connectivity index (χ4n) is 7.11. The second-order valence-corrected chi connectivity index (χ2v) is 21.3. The molecule has 0 bridgehead atoms. The molecule has 0 aromatic carbocycles. The van der Waals surface area contributed by atoms with Gasteiger partial charge in [0, 0.05) is 35.4 Å². The summed E-state index contributed by atoms with van der Waals surface area (Å²) in [5.41, 5.74) is 0. The zero-order chi connectivity index (χ0) is 38.5. The smallest absolute Gasteiger partial charge is 0.305 e. The molecule has 4 nitrogen and oxygen atoms in total. The fraction of sp³-hybridized carbons (Fsp3) is 0.933. The van der Waals surface area contributed by atoms with E-state index in [1.807, 2.05) is 43.2 Å². The summed E-state index contributed by atoms with van der Waals surface area (Å²) in [5, 5.41) is 0. The lowest BCUT2D eigenvalue weighted by Gasteiger charge is -2.32. The highest BCUT2D eigenvalue weighted by molar-refractivity contribution is 8.77. The third-order valence-corrected chi connectivity index (χ3v) is 16.0. The maximum absolute atomic E-state index is 12.6. The molecule has 1 saturated heterocycles. The molecule has 0 aromatic heterocycles. The number of carbonyl (C=O) groups is 1. The summed E-state index contributed by atoms with van der Waals surface area (Å²) in [7, 11) is 10.4. The van der Waals surface area contributed by atoms with Crippen molar-refractivity contribution in [3.05, 3.63) is 12.3 Å². The molecule has 1 heterocycles. The summed E-state index contributed by atoms with van der Waals surface area (Å²) in [4.78, 5) is 15.0. The third-order valence-electron chi connectivity index (χ3n) is 10.8. The molecular formula is C45H87NO3S4. The van der Waals surface area contributed by atoms with Gasteiger partial charge in [0.05, 0.1) is 18.5 Å². The summed E-state index contributed by atoms with van der Waals surface area (Å²) >= 11 is 0. The van der Waals surface area contributed by atoms with Crippen LogP contribution in [0.2, 0.25) is 0 Å². The van der Waals surface area contributed by atoms with E-state index in [4.69, 9.17) is 9.47 Å². The number of unbranched alkanes of at least 4 members (excludes halogenated alkanes) is 14. The van der Waals surface area contributed by atoms with Crippen LogP contribution in [-0.4, -0.2) is 66.7 Å². The normalized spacial score (nSPS) is 14.6. The molecule has 0 amide bonds. The SMILES string of the molecule is C=C(OC(CCCCCCCCCC)CCCCCCCCC(=O)OCCC(CCCSSCCCC)CCCSSCCCC)C1CCN(C)CC1. The Morgan fingerprint density at radius 3 is 1.57 bits per heavy atom. The monoisotopic (exact) mass is 818 g/mol. The van der Waals surface area contributed by atoms with Crippen molar-refractivity contribution in [1.82, 2.24) is 4.90 Å². The summed E-state index contributed by atoms with van der Waals surface area (Å²) in [6.45, 7) is 14.2. The molecule has 0 aliphatic carbocycles. The van der Waals surface area contributed by atoms with Crippen molar-refractivity contribution in [2.45, 2.75) is 207 Å². The molecule has 314 valence electrons. The largest absolute Gasteiger partial charge is 0.495 e. The van der Waals surface area contributed by atoms with Gasteiger partial charge in [0.1, 0.15) is 0 Å². The lowest BCUT2D eigenvalue weighted by molar-refractivity contribution is -0.144. The van der Waals surface area contributed by atoms with Gasteiger partial charge in [-0.05, 0) is 116 Å². The first kappa shape index (κ1) is 51.4. The van der Waals surface area contributed by atoms with Crippen molar-refractivity contribution < 1.29 is 14.3 Å². The number of nitrogens with zero attached hydrogens (tertiary/aromatic N) is 1. The summed E-state index contributed by atoms with van der Waals surface area (Å²) in [6, 6.07) is 0. The number of rotatable bonds is 40. The molecule has 0 radical (unpaired) electrons. The minimum Gasteiger partial charge on any atom is -0.495 e. The van der Waals surface area contributed by atoms with Gasteiger partial charge in [-0.2, -0.15) is 0 Å². The van der Waals surface area contributed by atoms with Crippen LogP contribution in [0.5, 0.6) is 0 Å². The Kier molecular flexibility index (Phi) is 38.0. The van der Waals surface area contributed by atoms with E-state index >= 15 is 0 Å². The van der Waals surface area contributed by atoms with Crippen molar-refractivity contribution in [2.75, 3.05) is 49.8 Å². The molecule has 53 heavy (non-hydrogen) atoms. The van der Waals surface area contributed by atoms with Gasteiger partial charge >= 0.3 is 5.97 Å². The van der Waals surface area contributed by atoms with E-state index in [1.54, 1.807) is 0 Å². The molecular weight excluding hydrogens is 731 g/mol. The van der Waals surface area contributed by atoms with Crippen molar-refractivity contribution in [3.63, 3.8) is 0 Å². The predicted molar refractivity (Wildman–Crippen MR) is 246 cm³/mol. The van der Waals surface area contributed by atoms with Crippen LogP contribution in [0.25, 0.3) is 0 Å². The molecule has 8 heteroatoms. The van der Waals surface area contributed by atoms with Gasteiger partial charge in [0.25, 0.3) is 0 Å². The van der Waals surface area contributed by atoms with Crippen LogP contribution >= 0.6 is 43.2 Å². The Morgan fingerprint density at radius 2 is 1.06 bits per heavy atom. The number of allylic oxidation sites excluding steroid dienone is 1. The average molecular weight is 818 g/mol. The van der Waals surface area contributed by atoms with E-state index in [0.29, 0.717) is 31.0 Å². The Balaban J connectivity index is 2.25. The van der Waals surface area contributed by atoms with Crippen LogP contribution in [0, 0.1) is 11.8 Å². The minimum atomic E-state index is 0.0142. The number of carbonyl (C=O) groups excluding carboxylic acids is 1. The first-order valence-electron chi connectivity index (χ1n) is 22.7. The van der Waals surface area contributed by atoms with Crippen molar-refractivity contribution in [2.24, 2.45) is 11.8 Å². The molecule has 0 saturated carbocycles. The van der Waals surface area contributed by atoms with Crippen LogP contribution in [0.1, 0.15) is 201 Å². The van der Waals surface area contributed by atoms with Crippen LogP contribution in [0.3, 0.4) is 0 Å². The summed E-state index contributed by atoms with van der Waals surface area (Å²) in [6.07, 6.45) is 34.9. The zero-order valence-corrected chi connectivity index (χ0v) is 38.8. The van der Waals surface area contributed by atoms with Gasteiger partial charge in [0.15, 0.2) is 0 Å². The fourth-order valence-corrected chi connectivity index (χ4v) is 11.8. The number of hydrogen-bond donors (Lipinski definition) is 0. The summed E-state index contributed by atoms with van der Waals surface area (Å²) in [5.74, 6) is 7.33. The van der Waals surface area contributed by atoms with Crippen LogP contribution in [-0.2, 0) is 14.3 Å². The highest BCUT2D eigenvalue weighted by Crippen LogP contribution is 2.30. The van der Waals surface area contributed by atoms with E-state index in [2.05, 4.69) is 39.3 Å². The van der Waals surface area contributed by atoms with E-state index in [0.717, 1.165) is 44.5 Å². The van der Waals surface area contributed by atoms with Gasteiger partial charge in [-0.25, -0.2) is 0 Å². The molecule has 1 aliphatic heterocycles. The molecule has 1 aliphatic rings. The zero-order valence-electron chi connectivity index (χ0n) is 35.5. The number of esters is 1. The highest BCUT2D eigenvalue weighted by atomic mass is 33.1. The second kappa shape index (κ2) is 39.2. The molecule has 1 unspecified atom stereocenters. The number of likely N-dealkylation sites (tertiary alicyclic amines) is 1. The Morgan fingerprint density at radius 1 is 0.604 bits per heavy atom.